The number of hydrogen-bond donors (Lipinski definition) is 0. The highest BCUT2D eigenvalue weighted by Gasteiger charge is 2.27. The summed E-state index contributed by atoms with van der Waals surface area (Å²) in [5.41, 5.74) is 1.46. The van der Waals surface area contributed by atoms with Crippen LogP contribution in [-0.2, 0) is 0 Å². The Balaban J connectivity index is 1.50. The van der Waals surface area contributed by atoms with Gasteiger partial charge in [0.2, 0.25) is 0 Å². The maximum absolute atomic E-state index is 13.1. The van der Waals surface area contributed by atoms with Crippen LogP contribution in [0.3, 0.4) is 0 Å². The average molecular weight is 377 g/mol. The number of amides is 1. The number of benzene rings is 2. The van der Waals surface area contributed by atoms with E-state index in [-0.39, 0.29) is 5.91 Å². The van der Waals surface area contributed by atoms with Crippen molar-refractivity contribution in [2.24, 2.45) is 0 Å². The fourth-order valence-electron chi connectivity index (χ4n) is 3.59. The third-order valence-electron chi connectivity index (χ3n) is 5.12. The number of carbonyl (C=O) groups excluding carboxylic acids is 1. The molecule has 0 bridgehead atoms. The molecule has 6 nitrogen and oxygen atoms in total. The van der Waals surface area contributed by atoms with Crippen LogP contribution < -0.4 is 14.4 Å². The van der Waals surface area contributed by atoms with Crippen LogP contribution in [0.25, 0.3) is 10.9 Å². The number of fused-ring (bicyclic) bond motifs is 1. The molecule has 1 aromatic heterocycles. The molecule has 144 valence electrons. The van der Waals surface area contributed by atoms with Gasteiger partial charge < -0.3 is 19.3 Å². The van der Waals surface area contributed by atoms with Gasteiger partial charge in [0.1, 0.15) is 22.9 Å². The maximum Gasteiger partial charge on any atom is 0.261 e. The van der Waals surface area contributed by atoms with Crippen LogP contribution in [0, 0.1) is 0 Å². The Hall–Kier alpha value is -3.28. The van der Waals surface area contributed by atoms with Crippen molar-refractivity contribution < 1.29 is 14.3 Å². The molecule has 1 aliphatic rings. The van der Waals surface area contributed by atoms with Crippen molar-refractivity contribution >= 4 is 22.6 Å². The number of aromatic nitrogens is 1. The van der Waals surface area contributed by atoms with E-state index < -0.39 is 0 Å². The van der Waals surface area contributed by atoms with E-state index in [9.17, 15) is 4.79 Å². The van der Waals surface area contributed by atoms with Crippen LogP contribution in [-0.4, -0.2) is 56.2 Å². The maximum atomic E-state index is 13.1. The Labute approximate surface area is 164 Å². The Morgan fingerprint density at radius 1 is 0.857 bits per heavy atom. The molecular weight excluding hydrogens is 354 g/mol. The third kappa shape index (κ3) is 3.33. The fraction of sp³-hybridized carbons (Fsp3) is 0.273. The van der Waals surface area contributed by atoms with Crippen molar-refractivity contribution in [1.82, 2.24) is 9.88 Å². The fourth-order valence-corrected chi connectivity index (χ4v) is 3.59. The lowest BCUT2D eigenvalue weighted by Gasteiger charge is -2.35. The van der Waals surface area contributed by atoms with Crippen molar-refractivity contribution in [3.05, 3.63) is 60.2 Å². The van der Waals surface area contributed by atoms with Gasteiger partial charge in [0, 0.05) is 31.6 Å². The van der Waals surface area contributed by atoms with Crippen LogP contribution in [0.15, 0.2) is 54.6 Å². The molecule has 1 fully saturated rings. The molecular formula is C22H23N3O3. The summed E-state index contributed by atoms with van der Waals surface area (Å²) in [5.74, 6) is 1.94. The van der Waals surface area contributed by atoms with E-state index >= 15 is 0 Å². The summed E-state index contributed by atoms with van der Waals surface area (Å²) in [6.07, 6.45) is 0. The SMILES string of the molecule is COc1cccc(OC)c1C(=O)N1CCN(c2ccc3ccccc3n2)CC1. The van der Waals surface area contributed by atoms with Gasteiger partial charge in [0.15, 0.2) is 0 Å². The number of carbonyl (C=O) groups is 1. The summed E-state index contributed by atoms with van der Waals surface area (Å²) in [5, 5.41) is 1.13. The second kappa shape index (κ2) is 7.76. The first-order valence-electron chi connectivity index (χ1n) is 9.32. The molecule has 1 saturated heterocycles. The number of piperazine rings is 1. The normalized spacial score (nSPS) is 14.2. The highest BCUT2D eigenvalue weighted by molar-refractivity contribution is 6.00. The number of rotatable bonds is 4. The van der Waals surface area contributed by atoms with Gasteiger partial charge in [0.25, 0.3) is 5.91 Å². The zero-order valence-electron chi connectivity index (χ0n) is 16.1. The Morgan fingerprint density at radius 2 is 1.54 bits per heavy atom. The average Bonchev–Trinajstić information content (AvgIpc) is 2.77. The number of hydrogen-bond acceptors (Lipinski definition) is 5. The Morgan fingerprint density at radius 3 is 2.21 bits per heavy atom. The molecule has 1 amide bonds. The van der Waals surface area contributed by atoms with Crippen LogP contribution >= 0.6 is 0 Å². The highest BCUT2D eigenvalue weighted by atomic mass is 16.5. The van der Waals surface area contributed by atoms with Crippen LogP contribution in [0.2, 0.25) is 0 Å². The summed E-state index contributed by atoms with van der Waals surface area (Å²) < 4.78 is 10.8. The molecule has 2 heterocycles. The largest absolute Gasteiger partial charge is 0.496 e. The van der Waals surface area contributed by atoms with E-state index in [0.717, 1.165) is 29.8 Å². The third-order valence-corrected chi connectivity index (χ3v) is 5.12. The first-order valence-corrected chi connectivity index (χ1v) is 9.32. The van der Waals surface area contributed by atoms with Gasteiger partial charge >= 0.3 is 0 Å². The summed E-state index contributed by atoms with van der Waals surface area (Å²) in [6.45, 7) is 2.70. The molecule has 0 radical (unpaired) electrons. The molecule has 4 rings (SSSR count). The molecule has 28 heavy (non-hydrogen) atoms. The van der Waals surface area contributed by atoms with Crippen LogP contribution in [0.1, 0.15) is 10.4 Å². The number of pyridine rings is 1. The minimum atomic E-state index is -0.0691. The zero-order valence-corrected chi connectivity index (χ0v) is 16.1. The Bertz CT molecular complexity index is 975. The number of methoxy groups -OCH3 is 2. The van der Waals surface area contributed by atoms with Gasteiger partial charge in [-0.2, -0.15) is 0 Å². The van der Waals surface area contributed by atoms with Gasteiger partial charge in [-0.25, -0.2) is 4.98 Å². The summed E-state index contributed by atoms with van der Waals surface area (Å²) in [4.78, 5) is 21.9. The summed E-state index contributed by atoms with van der Waals surface area (Å²) >= 11 is 0. The zero-order chi connectivity index (χ0) is 19.5. The molecule has 0 aliphatic carbocycles. The minimum absolute atomic E-state index is 0.0691. The predicted molar refractivity (Wildman–Crippen MR) is 109 cm³/mol. The molecule has 0 saturated carbocycles. The van der Waals surface area contributed by atoms with Crippen LogP contribution in [0.4, 0.5) is 5.82 Å². The smallest absolute Gasteiger partial charge is 0.261 e. The standard InChI is InChI=1S/C22H23N3O3/c1-27-18-8-5-9-19(28-2)21(18)22(26)25-14-12-24(13-15-25)20-11-10-16-6-3-4-7-17(16)23-20/h3-11H,12-15H2,1-2H3. The van der Waals surface area contributed by atoms with E-state index in [1.165, 1.54) is 0 Å². The summed E-state index contributed by atoms with van der Waals surface area (Å²) in [6, 6.07) is 17.6. The summed E-state index contributed by atoms with van der Waals surface area (Å²) in [7, 11) is 3.13. The number of ether oxygens (including phenoxy) is 2. The van der Waals surface area contributed by atoms with Gasteiger partial charge in [0.05, 0.1) is 19.7 Å². The van der Waals surface area contributed by atoms with E-state index in [1.807, 2.05) is 35.2 Å². The molecule has 0 N–H and O–H groups in total. The van der Waals surface area contributed by atoms with E-state index in [2.05, 4.69) is 17.0 Å². The van der Waals surface area contributed by atoms with Crippen molar-refractivity contribution in [1.29, 1.82) is 0 Å². The molecule has 0 unspecified atom stereocenters. The van der Waals surface area contributed by atoms with Gasteiger partial charge in [-0.15, -0.1) is 0 Å². The van der Waals surface area contributed by atoms with E-state index in [4.69, 9.17) is 14.5 Å². The molecule has 1 aliphatic heterocycles. The van der Waals surface area contributed by atoms with Crippen molar-refractivity contribution in [3.8, 4) is 11.5 Å². The molecule has 2 aromatic carbocycles. The molecule has 0 atom stereocenters. The van der Waals surface area contributed by atoms with Crippen molar-refractivity contribution in [3.63, 3.8) is 0 Å². The lowest BCUT2D eigenvalue weighted by atomic mass is 10.1. The lowest BCUT2D eigenvalue weighted by molar-refractivity contribution is 0.0739. The van der Waals surface area contributed by atoms with Gasteiger partial charge in [-0.1, -0.05) is 24.3 Å². The van der Waals surface area contributed by atoms with Gasteiger partial charge in [-0.3, -0.25) is 4.79 Å². The monoisotopic (exact) mass is 377 g/mol. The highest BCUT2D eigenvalue weighted by Crippen LogP contribution is 2.30. The second-order valence-electron chi connectivity index (χ2n) is 6.68. The first-order chi connectivity index (χ1) is 13.7. The van der Waals surface area contributed by atoms with Crippen molar-refractivity contribution in [2.75, 3.05) is 45.3 Å². The number of anilines is 1. The number of nitrogens with zero attached hydrogens (tertiary/aromatic N) is 3. The number of para-hydroxylation sites is 1. The molecule has 0 spiro atoms. The topological polar surface area (TPSA) is 54.9 Å². The van der Waals surface area contributed by atoms with Crippen LogP contribution in [0.5, 0.6) is 11.5 Å². The molecule has 6 heteroatoms. The Kier molecular flexibility index (Phi) is 5.02. The minimum Gasteiger partial charge on any atom is -0.496 e. The predicted octanol–water partition coefficient (Wildman–Crippen LogP) is 3.21. The van der Waals surface area contributed by atoms with Crippen molar-refractivity contribution in [2.45, 2.75) is 0 Å². The van der Waals surface area contributed by atoms with Gasteiger partial charge in [-0.05, 0) is 30.3 Å². The lowest BCUT2D eigenvalue weighted by Crippen LogP contribution is -2.49. The molecule has 3 aromatic rings. The first kappa shape index (κ1) is 18.1. The van der Waals surface area contributed by atoms with E-state index in [1.54, 1.807) is 26.4 Å². The second-order valence-corrected chi connectivity index (χ2v) is 6.68. The van der Waals surface area contributed by atoms with E-state index in [0.29, 0.717) is 30.2 Å². The quantitative estimate of drug-likeness (QED) is 0.699.